The van der Waals surface area contributed by atoms with Crippen molar-refractivity contribution in [3.8, 4) is 0 Å². The molecule has 4 atom stereocenters. The predicted octanol–water partition coefficient (Wildman–Crippen LogP) is 3.46. The summed E-state index contributed by atoms with van der Waals surface area (Å²) in [5.41, 5.74) is 2.42. The first kappa shape index (κ1) is 31.0. The van der Waals surface area contributed by atoms with Crippen LogP contribution in [0.15, 0.2) is 27.6 Å². The van der Waals surface area contributed by atoms with E-state index in [9.17, 15) is 31.2 Å². The van der Waals surface area contributed by atoms with Gasteiger partial charge < -0.3 is 14.2 Å². The number of quaternary nitrogens is 1. The van der Waals surface area contributed by atoms with Crippen LogP contribution in [0.2, 0.25) is 0 Å². The van der Waals surface area contributed by atoms with Gasteiger partial charge in [-0.1, -0.05) is 31.1 Å². The first-order valence-corrected chi connectivity index (χ1v) is 14.8. The second kappa shape index (κ2) is 11.0. The highest BCUT2D eigenvalue weighted by Crippen LogP contribution is 2.44. The van der Waals surface area contributed by atoms with Gasteiger partial charge in [-0.15, -0.1) is 0 Å². The van der Waals surface area contributed by atoms with E-state index in [1.807, 2.05) is 45.9 Å². The molecule has 1 aromatic heterocycles. The first-order valence-electron chi connectivity index (χ1n) is 13.4. The molecule has 226 valence electrons. The van der Waals surface area contributed by atoms with E-state index in [0.29, 0.717) is 12.1 Å². The highest BCUT2D eigenvalue weighted by molar-refractivity contribution is 7.89. The number of halogens is 3. The maximum Gasteiger partial charge on any atom is 0.491 e. The van der Waals surface area contributed by atoms with Crippen molar-refractivity contribution in [2.45, 2.75) is 64.9 Å². The number of rotatable bonds is 7. The summed E-state index contributed by atoms with van der Waals surface area (Å²) >= 11 is 0. The number of piperazine rings is 1. The topological polar surface area (TPSA) is 110 Å². The zero-order valence-corrected chi connectivity index (χ0v) is 24.8. The number of sulfonamides is 1. The molecule has 0 spiro atoms. The third-order valence-electron chi connectivity index (χ3n) is 8.41. The Morgan fingerprint density at radius 1 is 1.17 bits per heavy atom. The molecule has 10 nitrogen and oxygen atoms in total. The molecule has 1 unspecified atom stereocenters. The van der Waals surface area contributed by atoms with Crippen LogP contribution in [-0.2, 0) is 24.3 Å². The van der Waals surface area contributed by atoms with Crippen LogP contribution in [0, 0.1) is 39.5 Å². The Hall–Kier alpha value is -2.97. The van der Waals surface area contributed by atoms with Crippen LogP contribution < -0.4 is 4.48 Å². The van der Waals surface area contributed by atoms with Gasteiger partial charge in [0.05, 0.1) is 13.1 Å². The number of aryl methyl sites for hydroxylation is 4. The Balaban J connectivity index is 1.93. The normalized spacial score (nSPS) is 26.0. The molecule has 0 saturated carbocycles. The first-order chi connectivity index (χ1) is 19.0. The monoisotopic (exact) mass is 601 g/mol. The van der Waals surface area contributed by atoms with Crippen molar-refractivity contribution in [3.63, 3.8) is 0 Å². The molecular weight excluding hydrogens is 565 g/mol. The number of esters is 1. The fourth-order valence-electron chi connectivity index (χ4n) is 6.38. The van der Waals surface area contributed by atoms with Gasteiger partial charge in [-0.3, -0.25) is 4.79 Å². The van der Waals surface area contributed by atoms with Crippen molar-refractivity contribution in [2.24, 2.45) is 11.8 Å². The second-order valence-corrected chi connectivity index (χ2v) is 13.2. The number of nitrogens with zero attached hydrogens (tertiary/aromatic N) is 4. The number of hydrogen-bond donors (Lipinski definition) is 0. The summed E-state index contributed by atoms with van der Waals surface area (Å²) in [4.78, 5) is 25.3. The fraction of sp³-hybridized carbons (Fsp3) is 0.593. The Kier molecular flexibility index (Phi) is 8.33. The summed E-state index contributed by atoms with van der Waals surface area (Å²) in [5.74, 6) is -2.64. The van der Waals surface area contributed by atoms with Crippen LogP contribution >= 0.6 is 0 Å². The minimum absolute atomic E-state index is 0.0373. The van der Waals surface area contributed by atoms with E-state index in [0.717, 1.165) is 11.1 Å². The molecule has 1 amide bonds. The van der Waals surface area contributed by atoms with E-state index in [1.165, 1.54) is 23.1 Å². The average Bonchev–Trinajstić information content (AvgIpc) is 3.49. The molecule has 0 N–H and O–H groups in total. The summed E-state index contributed by atoms with van der Waals surface area (Å²) in [7, 11) is -4.09. The maximum atomic E-state index is 13.9. The number of amides is 1. The van der Waals surface area contributed by atoms with E-state index in [1.54, 1.807) is 0 Å². The van der Waals surface area contributed by atoms with Crippen LogP contribution in [0.5, 0.6) is 0 Å². The van der Waals surface area contributed by atoms with Crippen LogP contribution in [0.4, 0.5) is 18.9 Å². The molecule has 2 aliphatic rings. The van der Waals surface area contributed by atoms with Gasteiger partial charge in [0.1, 0.15) is 35.4 Å². The predicted molar refractivity (Wildman–Crippen MR) is 143 cm³/mol. The molecule has 2 aromatic rings. The van der Waals surface area contributed by atoms with Crippen LogP contribution in [0.25, 0.3) is 0 Å². The van der Waals surface area contributed by atoms with E-state index >= 15 is 0 Å². The average molecular weight is 602 g/mol. The van der Waals surface area contributed by atoms with Gasteiger partial charge in [0, 0.05) is 24.1 Å². The van der Waals surface area contributed by atoms with Crippen molar-refractivity contribution in [1.82, 2.24) is 18.8 Å². The number of aromatic nitrogens is 1. The third kappa shape index (κ3) is 5.48. The van der Waals surface area contributed by atoms with Gasteiger partial charge in [0.2, 0.25) is 16.4 Å². The van der Waals surface area contributed by atoms with Gasteiger partial charge in [0.25, 0.3) is 6.23 Å². The van der Waals surface area contributed by atoms with Gasteiger partial charge in [-0.25, -0.2) is 17.7 Å². The molecule has 41 heavy (non-hydrogen) atoms. The molecular formula is C27H36F3N4O6S+. The highest BCUT2D eigenvalue weighted by atomic mass is 32.2. The van der Waals surface area contributed by atoms with E-state index in [-0.39, 0.29) is 65.4 Å². The minimum Gasteiger partial charge on any atom is -0.403 e. The zero-order chi connectivity index (χ0) is 30.5. The molecule has 14 heteroatoms. The van der Waals surface area contributed by atoms with Gasteiger partial charge >= 0.3 is 12.1 Å². The molecule has 0 bridgehead atoms. The highest BCUT2D eigenvalue weighted by Gasteiger charge is 2.60. The number of ether oxygens (including phenoxy) is 1. The lowest BCUT2D eigenvalue weighted by atomic mass is 9.86. The van der Waals surface area contributed by atoms with Crippen molar-refractivity contribution < 1.29 is 40.4 Å². The smallest absolute Gasteiger partial charge is 0.403 e. The molecule has 1 aromatic carbocycles. The number of benzene rings is 1. The molecule has 2 aliphatic heterocycles. The Morgan fingerprint density at radius 2 is 1.85 bits per heavy atom. The van der Waals surface area contributed by atoms with Crippen LogP contribution in [0.1, 0.15) is 36.4 Å². The number of alkyl halides is 3. The summed E-state index contributed by atoms with van der Waals surface area (Å²) < 4.78 is 79.9. The van der Waals surface area contributed by atoms with Crippen molar-refractivity contribution in [2.75, 3.05) is 32.7 Å². The van der Waals surface area contributed by atoms with Crippen LogP contribution in [-0.4, -0.2) is 86.3 Å². The molecule has 0 radical (unpaired) electrons. The zero-order valence-electron chi connectivity index (χ0n) is 23.9. The lowest BCUT2D eigenvalue weighted by Gasteiger charge is -2.53. The lowest BCUT2D eigenvalue weighted by molar-refractivity contribution is -0.218. The van der Waals surface area contributed by atoms with Gasteiger partial charge in [0.15, 0.2) is 5.76 Å². The summed E-state index contributed by atoms with van der Waals surface area (Å²) in [6.45, 7) is 10.6. The largest absolute Gasteiger partial charge is 0.491 e. The molecule has 2 saturated heterocycles. The molecule has 2 fully saturated rings. The summed E-state index contributed by atoms with van der Waals surface area (Å²) in [5, 5.41) is 3.80. The van der Waals surface area contributed by atoms with Crippen LogP contribution in [0.3, 0.4) is 0 Å². The minimum atomic E-state index is -5.26. The maximum absolute atomic E-state index is 13.9. The lowest BCUT2D eigenvalue weighted by Crippen LogP contribution is -2.74. The second-order valence-electron chi connectivity index (χ2n) is 11.4. The van der Waals surface area contributed by atoms with E-state index in [2.05, 4.69) is 5.16 Å². The molecule has 0 aliphatic carbocycles. The number of hydrogen-bond acceptors (Lipinski definition) is 7. The third-order valence-corrected chi connectivity index (χ3v) is 10.5. The Labute approximate surface area is 237 Å². The quantitative estimate of drug-likeness (QED) is 0.272. The Bertz CT molecular complexity index is 1410. The van der Waals surface area contributed by atoms with Crippen molar-refractivity contribution >= 4 is 28.1 Å². The Morgan fingerprint density at radius 3 is 2.41 bits per heavy atom. The summed E-state index contributed by atoms with van der Waals surface area (Å²) in [6.07, 6.45) is -6.17. The fourth-order valence-corrected chi connectivity index (χ4v) is 8.17. The standard InChI is InChI=1S/C27H36F3N4O6S/c1-16(2)21-12-33(41(37,38)25-19(5)31-40-20(25)6)13-23(21)34(22-11-17(3)7-8-18(22)4)10-9-32(15-35)14-24(34)39-26(36)27(28,29)30/h7-8,11,15-16,21,23-24H,9-10,12-14H2,1-6H3/q+1/t21-,23+,24?,34+/m1/s1. The SMILES string of the molecule is Cc1ccc(C)c([N@+]2([C@H]3CN(S(=O)(=O)c4c(C)noc4C)C[C@@H]3C(C)C)CCN(C=O)CC2OC(=O)C(F)(F)F)c1. The number of carbonyl (C=O) groups is 2. The van der Waals surface area contributed by atoms with Gasteiger partial charge in [-0.2, -0.15) is 17.5 Å². The number of carbonyl (C=O) groups excluding carboxylic acids is 2. The summed E-state index contributed by atoms with van der Waals surface area (Å²) in [6, 6.07) is 4.96. The van der Waals surface area contributed by atoms with Crippen molar-refractivity contribution in [1.29, 1.82) is 0 Å². The van der Waals surface area contributed by atoms with Crippen molar-refractivity contribution in [3.05, 3.63) is 40.8 Å². The van der Waals surface area contributed by atoms with E-state index < -0.39 is 34.4 Å². The van der Waals surface area contributed by atoms with Gasteiger partial charge in [-0.05, 0) is 39.2 Å². The molecule has 3 heterocycles. The van der Waals surface area contributed by atoms with E-state index in [4.69, 9.17) is 9.26 Å². The molecule has 4 rings (SSSR count).